The second-order valence-corrected chi connectivity index (χ2v) is 6.97. The fourth-order valence-corrected chi connectivity index (χ4v) is 3.51. The van der Waals surface area contributed by atoms with Crippen LogP contribution < -0.4 is 10.6 Å². The first-order chi connectivity index (χ1) is 12.3. The number of aliphatic imine (C=N–C) groups is 1. The fourth-order valence-electron chi connectivity index (χ4n) is 3.51. The molecule has 2 rings (SSSR count). The largest absolute Gasteiger partial charge is 0.357 e. The third-order valence-electron chi connectivity index (χ3n) is 4.92. The van der Waals surface area contributed by atoms with Gasteiger partial charge in [0, 0.05) is 19.6 Å². The van der Waals surface area contributed by atoms with E-state index in [1.165, 1.54) is 57.3 Å². The van der Waals surface area contributed by atoms with E-state index in [1.54, 1.807) is 0 Å². The zero-order chi connectivity index (χ0) is 17.7. The molecule has 0 saturated carbocycles. The van der Waals surface area contributed by atoms with Crippen molar-refractivity contribution in [3.05, 3.63) is 35.9 Å². The molecule has 0 amide bonds. The highest BCUT2D eigenvalue weighted by Gasteiger charge is 2.18. The number of likely N-dealkylation sites (tertiary alicyclic amines) is 1. The summed E-state index contributed by atoms with van der Waals surface area (Å²) in [6, 6.07) is 11.0. The van der Waals surface area contributed by atoms with E-state index in [4.69, 9.17) is 0 Å². The van der Waals surface area contributed by atoms with Gasteiger partial charge in [-0.2, -0.15) is 0 Å². The van der Waals surface area contributed by atoms with Crippen LogP contribution in [0.3, 0.4) is 0 Å². The Labute approximate surface area is 154 Å². The summed E-state index contributed by atoms with van der Waals surface area (Å²) in [4.78, 5) is 7.26. The van der Waals surface area contributed by atoms with Crippen molar-refractivity contribution in [3.63, 3.8) is 0 Å². The van der Waals surface area contributed by atoms with Crippen LogP contribution in [-0.4, -0.2) is 50.1 Å². The lowest BCUT2D eigenvalue weighted by Crippen LogP contribution is -2.37. The van der Waals surface area contributed by atoms with Gasteiger partial charge in [-0.1, -0.05) is 30.3 Å². The Balaban J connectivity index is 1.57. The Morgan fingerprint density at radius 1 is 1.04 bits per heavy atom. The fraction of sp³-hybridized carbons (Fsp3) is 0.667. The van der Waals surface area contributed by atoms with Crippen molar-refractivity contribution >= 4 is 5.96 Å². The van der Waals surface area contributed by atoms with Gasteiger partial charge in [-0.25, -0.2) is 0 Å². The molecule has 0 aliphatic carbocycles. The van der Waals surface area contributed by atoms with Crippen LogP contribution in [0.2, 0.25) is 0 Å². The van der Waals surface area contributed by atoms with E-state index in [0.717, 1.165) is 31.5 Å². The Kier molecular flexibility index (Phi) is 9.42. The minimum absolute atomic E-state index is 0.867. The van der Waals surface area contributed by atoms with Crippen LogP contribution >= 0.6 is 0 Å². The van der Waals surface area contributed by atoms with Gasteiger partial charge in [-0.3, -0.25) is 4.99 Å². The van der Waals surface area contributed by atoms with Crippen molar-refractivity contribution in [3.8, 4) is 0 Å². The number of rotatable bonds is 9. The SMILES string of the molecule is CCNC(=NCCCCN1CCC(Cc2ccccc2)CC1)NCC. The van der Waals surface area contributed by atoms with E-state index in [-0.39, 0.29) is 0 Å². The van der Waals surface area contributed by atoms with Gasteiger partial charge in [0.15, 0.2) is 5.96 Å². The zero-order valence-electron chi connectivity index (χ0n) is 16.1. The molecule has 140 valence electrons. The van der Waals surface area contributed by atoms with Crippen LogP contribution in [0.25, 0.3) is 0 Å². The van der Waals surface area contributed by atoms with Crippen molar-refractivity contribution in [2.45, 2.75) is 46.0 Å². The normalized spacial score (nSPS) is 15.8. The van der Waals surface area contributed by atoms with Gasteiger partial charge in [0.2, 0.25) is 0 Å². The molecule has 1 aromatic rings. The molecule has 1 aliphatic rings. The number of unbranched alkanes of at least 4 members (excludes halogenated alkanes) is 1. The molecule has 0 radical (unpaired) electrons. The van der Waals surface area contributed by atoms with Gasteiger partial charge in [0.1, 0.15) is 0 Å². The number of nitrogens with one attached hydrogen (secondary N) is 2. The Morgan fingerprint density at radius 3 is 2.36 bits per heavy atom. The number of hydrogen-bond donors (Lipinski definition) is 2. The first kappa shape index (κ1) is 19.8. The molecule has 0 bridgehead atoms. The van der Waals surface area contributed by atoms with E-state index in [1.807, 2.05) is 0 Å². The van der Waals surface area contributed by atoms with E-state index in [0.29, 0.717) is 0 Å². The van der Waals surface area contributed by atoms with Crippen molar-refractivity contribution in [2.24, 2.45) is 10.9 Å². The second-order valence-electron chi connectivity index (χ2n) is 6.97. The first-order valence-electron chi connectivity index (χ1n) is 10.1. The van der Waals surface area contributed by atoms with Crippen LogP contribution in [0.1, 0.15) is 45.1 Å². The quantitative estimate of drug-likeness (QED) is 0.410. The molecule has 2 N–H and O–H groups in total. The maximum Gasteiger partial charge on any atom is 0.191 e. The highest BCUT2D eigenvalue weighted by Crippen LogP contribution is 2.21. The minimum atomic E-state index is 0.867. The van der Waals surface area contributed by atoms with Crippen molar-refractivity contribution in [2.75, 3.05) is 39.3 Å². The van der Waals surface area contributed by atoms with Gasteiger partial charge < -0.3 is 15.5 Å². The molecule has 1 heterocycles. The van der Waals surface area contributed by atoms with Gasteiger partial charge in [-0.05, 0) is 77.1 Å². The number of nitrogens with zero attached hydrogens (tertiary/aromatic N) is 2. The summed E-state index contributed by atoms with van der Waals surface area (Å²) in [6.07, 6.45) is 6.36. The molecule has 4 nitrogen and oxygen atoms in total. The van der Waals surface area contributed by atoms with E-state index in [9.17, 15) is 0 Å². The van der Waals surface area contributed by atoms with Crippen molar-refractivity contribution < 1.29 is 0 Å². The summed E-state index contributed by atoms with van der Waals surface area (Å²) in [5.41, 5.74) is 1.50. The summed E-state index contributed by atoms with van der Waals surface area (Å²) >= 11 is 0. The van der Waals surface area contributed by atoms with Gasteiger partial charge in [0.05, 0.1) is 0 Å². The lowest BCUT2D eigenvalue weighted by molar-refractivity contribution is 0.181. The predicted molar refractivity (Wildman–Crippen MR) is 108 cm³/mol. The van der Waals surface area contributed by atoms with Crippen LogP contribution in [0, 0.1) is 5.92 Å². The first-order valence-corrected chi connectivity index (χ1v) is 10.1. The lowest BCUT2D eigenvalue weighted by Gasteiger charge is -2.32. The van der Waals surface area contributed by atoms with Crippen molar-refractivity contribution in [1.29, 1.82) is 0 Å². The summed E-state index contributed by atoms with van der Waals surface area (Å²) < 4.78 is 0. The molecule has 0 aromatic heterocycles. The van der Waals surface area contributed by atoms with E-state index >= 15 is 0 Å². The highest BCUT2D eigenvalue weighted by molar-refractivity contribution is 5.79. The summed E-state index contributed by atoms with van der Waals surface area (Å²) in [5.74, 6) is 1.82. The molecular formula is C21H36N4. The Hall–Kier alpha value is -1.55. The molecule has 0 atom stereocenters. The smallest absolute Gasteiger partial charge is 0.191 e. The Morgan fingerprint density at radius 2 is 1.72 bits per heavy atom. The third kappa shape index (κ3) is 7.91. The summed E-state index contributed by atoms with van der Waals surface area (Å²) in [6.45, 7) is 10.7. The Bertz CT molecular complexity index is 470. The van der Waals surface area contributed by atoms with Crippen molar-refractivity contribution in [1.82, 2.24) is 15.5 Å². The van der Waals surface area contributed by atoms with Crippen LogP contribution in [0.4, 0.5) is 0 Å². The number of guanidine groups is 1. The van der Waals surface area contributed by atoms with Gasteiger partial charge >= 0.3 is 0 Å². The monoisotopic (exact) mass is 344 g/mol. The molecule has 1 saturated heterocycles. The van der Waals surface area contributed by atoms with Crippen LogP contribution in [-0.2, 0) is 6.42 Å². The minimum Gasteiger partial charge on any atom is -0.357 e. The zero-order valence-corrected chi connectivity index (χ0v) is 16.1. The maximum atomic E-state index is 4.62. The van der Waals surface area contributed by atoms with Crippen LogP contribution in [0.15, 0.2) is 35.3 Å². The number of piperidine rings is 1. The molecule has 4 heteroatoms. The van der Waals surface area contributed by atoms with Crippen LogP contribution in [0.5, 0.6) is 0 Å². The van der Waals surface area contributed by atoms with E-state index < -0.39 is 0 Å². The number of hydrogen-bond acceptors (Lipinski definition) is 2. The third-order valence-corrected chi connectivity index (χ3v) is 4.92. The predicted octanol–water partition coefficient (Wildman–Crippen LogP) is 3.30. The molecular weight excluding hydrogens is 308 g/mol. The average molecular weight is 345 g/mol. The van der Waals surface area contributed by atoms with Gasteiger partial charge in [0.25, 0.3) is 0 Å². The summed E-state index contributed by atoms with van der Waals surface area (Å²) in [5, 5.41) is 6.55. The maximum absolute atomic E-state index is 4.62. The molecule has 1 fully saturated rings. The molecule has 25 heavy (non-hydrogen) atoms. The van der Waals surface area contributed by atoms with E-state index in [2.05, 4.69) is 64.7 Å². The molecule has 0 spiro atoms. The standard InChI is InChI=1S/C21H36N4/c1-3-22-21(23-4-2)24-14-8-9-15-25-16-12-20(13-17-25)18-19-10-6-5-7-11-19/h5-7,10-11,20H,3-4,8-9,12-18H2,1-2H3,(H2,22,23,24). The average Bonchev–Trinajstić information content (AvgIpc) is 2.64. The second kappa shape index (κ2) is 11.9. The molecule has 1 aromatic carbocycles. The molecule has 1 aliphatic heterocycles. The number of benzene rings is 1. The van der Waals surface area contributed by atoms with Gasteiger partial charge in [-0.15, -0.1) is 0 Å². The highest BCUT2D eigenvalue weighted by atomic mass is 15.2. The topological polar surface area (TPSA) is 39.7 Å². The lowest BCUT2D eigenvalue weighted by atomic mass is 9.90. The summed E-state index contributed by atoms with van der Waals surface area (Å²) in [7, 11) is 0. The molecule has 0 unspecified atom stereocenters.